The van der Waals surface area contributed by atoms with E-state index in [2.05, 4.69) is 21.9 Å². The quantitative estimate of drug-likeness (QED) is 0.858. The van der Waals surface area contributed by atoms with Gasteiger partial charge in [0.15, 0.2) is 0 Å². The molecule has 0 bridgehead atoms. The fraction of sp³-hybridized carbons (Fsp3) is 0.778. The van der Waals surface area contributed by atoms with Crippen LogP contribution < -0.4 is 0 Å². The van der Waals surface area contributed by atoms with Gasteiger partial charge in [-0.15, -0.1) is 0 Å². The predicted octanol–water partition coefficient (Wildman–Crippen LogP) is 2.66. The SMILES string of the molecule is Cc1ccc(CN2CCC3(CCC3N3CCOCC3)CC2)o1. The van der Waals surface area contributed by atoms with Crippen LogP contribution in [0.15, 0.2) is 16.5 Å². The molecule has 2 saturated heterocycles. The first-order valence-corrected chi connectivity index (χ1v) is 8.85. The van der Waals surface area contributed by atoms with E-state index < -0.39 is 0 Å². The zero-order chi connectivity index (χ0) is 15.0. The highest BCUT2D eigenvalue weighted by Gasteiger charge is 2.50. The number of piperidine rings is 1. The lowest BCUT2D eigenvalue weighted by Crippen LogP contribution is -2.61. The van der Waals surface area contributed by atoms with Crippen molar-refractivity contribution in [3.05, 3.63) is 23.7 Å². The Kier molecular flexibility index (Phi) is 4.01. The Morgan fingerprint density at radius 1 is 1.09 bits per heavy atom. The third-order valence-corrected chi connectivity index (χ3v) is 6.14. The molecule has 4 rings (SSSR count). The van der Waals surface area contributed by atoms with E-state index in [-0.39, 0.29) is 0 Å². The van der Waals surface area contributed by atoms with Crippen LogP contribution in [0.1, 0.15) is 37.2 Å². The van der Waals surface area contributed by atoms with Crippen LogP contribution >= 0.6 is 0 Å². The summed E-state index contributed by atoms with van der Waals surface area (Å²) >= 11 is 0. The van der Waals surface area contributed by atoms with E-state index in [0.29, 0.717) is 5.41 Å². The molecule has 1 unspecified atom stereocenters. The Morgan fingerprint density at radius 2 is 1.86 bits per heavy atom. The van der Waals surface area contributed by atoms with Crippen LogP contribution in [0.3, 0.4) is 0 Å². The molecule has 122 valence electrons. The summed E-state index contributed by atoms with van der Waals surface area (Å²) in [5.74, 6) is 2.14. The zero-order valence-corrected chi connectivity index (χ0v) is 13.7. The maximum atomic E-state index is 5.73. The topological polar surface area (TPSA) is 28.9 Å². The molecule has 1 aromatic rings. The second kappa shape index (κ2) is 5.99. The summed E-state index contributed by atoms with van der Waals surface area (Å²) in [5, 5.41) is 0. The predicted molar refractivity (Wildman–Crippen MR) is 85.8 cm³/mol. The van der Waals surface area contributed by atoms with E-state index in [1.54, 1.807) is 0 Å². The second-order valence-corrected chi connectivity index (χ2v) is 7.35. The Morgan fingerprint density at radius 3 is 2.45 bits per heavy atom. The van der Waals surface area contributed by atoms with E-state index in [1.165, 1.54) is 38.8 Å². The van der Waals surface area contributed by atoms with Crippen molar-refractivity contribution in [2.75, 3.05) is 39.4 Å². The van der Waals surface area contributed by atoms with Gasteiger partial charge >= 0.3 is 0 Å². The summed E-state index contributed by atoms with van der Waals surface area (Å²) in [6.07, 6.45) is 5.55. The Balaban J connectivity index is 1.33. The van der Waals surface area contributed by atoms with E-state index in [1.807, 2.05) is 6.92 Å². The van der Waals surface area contributed by atoms with Crippen molar-refractivity contribution in [3.8, 4) is 0 Å². The van der Waals surface area contributed by atoms with Gasteiger partial charge in [-0.05, 0) is 63.2 Å². The molecule has 1 aromatic heterocycles. The van der Waals surface area contributed by atoms with E-state index in [4.69, 9.17) is 9.15 Å². The number of ether oxygens (including phenoxy) is 1. The van der Waals surface area contributed by atoms with Gasteiger partial charge in [0.05, 0.1) is 19.8 Å². The smallest absolute Gasteiger partial charge is 0.118 e. The van der Waals surface area contributed by atoms with E-state index in [0.717, 1.165) is 50.4 Å². The number of rotatable bonds is 3. The molecule has 1 aliphatic carbocycles. The Hall–Kier alpha value is -0.840. The molecule has 0 radical (unpaired) electrons. The second-order valence-electron chi connectivity index (χ2n) is 7.35. The van der Waals surface area contributed by atoms with Crippen LogP contribution in [0.4, 0.5) is 0 Å². The molecule has 3 fully saturated rings. The molecule has 4 nitrogen and oxygen atoms in total. The lowest BCUT2D eigenvalue weighted by Gasteiger charge is -2.58. The minimum atomic E-state index is 0.604. The van der Waals surface area contributed by atoms with Crippen molar-refractivity contribution >= 4 is 0 Å². The molecule has 1 atom stereocenters. The summed E-state index contributed by atoms with van der Waals surface area (Å²) in [6.45, 7) is 9.58. The third-order valence-electron chi connectivity index (χ3n) is 6.14. The van der Waals surface area contributed by atoms with Crippen molar-refractivity contribution in [3.63, 3.8) is 0 Å². The maximum Gasteiger partial charge on any atom is 0.118 e. The Labute approximate surface area is 133 Å². The highest BCUT2D eigenvalue weighted by molar-refractivity contribution is 5.07. The molecule has 0 aromatic carbocycles. The minimum absolute atomic E-state index is 0.604. The van der Waals surface area contributed by atoms with Crippen LogP contribution in [-0.4, -0.2) is 55.2 Å². The van der Waals surface area contributed by atoms with Gasteiger partial charge in [0.1, 0.15) is 11.5 Å². The summed E-state index contributed by atoms with van der Waals surface area (Å²) in [5.41, 5.74) is 0.604. The summed E-state index contributed by atoms with van der Waals surface area (Å²) in [4.78, 5) is 5.27. The van der Waals surface area contributed by atoms with Crippen molar-refractivity contribution in [2.24, 2.45) is 5.41 Å². The number of morpholine rings is 1. The first-order chi connectivity index (χ1) is 10.8. The summed E-state index contributed by atoms with van der Waals surface area (Å²) in [6, 6.07) is 5.02. The standard InChI is InChI=1S/C18H28N2O2/c1-15-2-3-16(22-15)14-19-8-6-18(7-9-19)5-4-17(18)20-10-12-21-13-11-20/h2-3,17H,4-14H2,1H3. The number of furan rings is 1. The molecular weight excluding hydrogens is 276 g/mol. The summed E-state index contributed by atoms with van der Waals surface area (Å²) < 4.78 is 11.3. The minimum Gasteiger partial charge on any atom is -0.465 e. The average Bonchev–Trinajstić information content (AvgIpc) is 2.93. The van der Waals surface area contributed by atoms with Gasteiger partial charge in [-0.3, -0.25) is 9.80 Å². The van der Waals surface area contributed by atoms with Gasteiger partial charge < -0.3 is 9.15 Å². The average molecular weight is 304 g/mol. The maximum absolute atomic E-state index is 5.73. The van der Waals surface area contributed by atoms with Crippen LogP contribution in [0.2, 0.25) is 0 Å². The third kappa shape index (κ3) is 2.72. The molecule has 3 heterocycles. The van der Waals surface area contributed by atoms with Crippen LogP contribution in [-0.2, 0) is 11.3 Å². The van der Waals surface area contributed by atoms with E-state index >= 15 is 0 Å². The molecule has 1 spiro atoms. The first-order valence-electron chi connectivity index (χ1n) is 8.85. The zero-order valence-electron chi connectivity index (χ0n) is 13.7. The largest absolute Gasteiger partial charge is 0.465 e. The first kappa shape index (κ1) is 14.7. The lowest BCUT2D eigenvalue weighted by molar-refractivity contribution is -0.0980. The van der Waals surface area contributed by atoms with Crippen LogP contribution in [0.5, 0.6) is 0 Å². The molecular formula is C18H28N2O2. The molecule has 0 N–H and O–H groups in total. The van der Waals surface area contributed by atoms with Gasteiger partial charge in [0.2, 0.25) is 0 Å². The number of hydrogen-bond donors (Lipinski definition) is 0. The molecule has 22 heavy (non-hydrogen) atoms. The molecule has 4 heteroatoms. The van der Waals surface area contributed by atoms with Crippen LogP contribution in [0.25, 0.3) is 0 Å². The fourth-order valence-corrected chi connectivity index (χ4v) is 4.67. The molecule has 1 saturated carbocycles. The number of nitrogens with zero attached hydrogens (tertiary/aromatic N) is 2. The van der Waals surface area contributed by atoms with Gasteiger partial charge in [-0.1, -0.05) is 0 Å². The molecule has 3 aliphatic rings. The number of aryl methyl sites for hydroxylation is 1. The molecule has 2 aliphatic heterocycles. The van der Waals surface area contributed by atoms with Crippen molar-refractivity contribution in [2.45, 2.75) is 45.2 Å². The number of likely N-dealkylation sites (tertiary alicyclic amines) is 1. The van der Waals surface area contributed by atoms with E-state index in [9.17, 15) is 0 Å². The van der Waals surface area contributed by atoms with Gasteiger partial charge in [-0.25, -0.2) is 0 Å². The fourth-order valence-electron chi connectivity index (χ4n) is 4.67. The monoisotopic (exact) mass is 304 g/mol. The van der Waals surface area contributed by atoms with Gasteiger partial charge in [0, 0.05) is 19.1 Å². The highest BCUT2D eigenvalue weighted by Crippen LogP contribution is 2.51. The van der Waals surface area contributed by atoms with Crippen molar-refractivity contribution in [1.82, 2.24) is 9.80 Å². The van der Waals surface area contributed by atoms with Gasteiger partial charge in [0.25, 0.3) is 0 Å². The van der Waals surface area contributed by atoms with Gasteiger partial charge in [-0.2, -0.15) is 0 Å². The highest BCUT2D eigenvalue weighted by atomic mass is 16.5. The summed E-state index contributed by atoms with van der Waals surface area (Å²) in [7, 11) is 0. The molecule has 0 amide bonds. The lowest BCUT2D eigenvalue weighted by atomic mass is 9.58. The Bertz CT molecular complexity index is 499. The number of hydrogen-bond acceptors (Lipinski definition) is 4. The van der Waals surface area contributed by atoms with Crippen molar-refractivity contribution in [1.29, 1.82) is 0 Å². The van der Waals surface area contributed by atoms with Crippen molar-refractivity contribution < 1.29 is 9.15 Å². The normalized spacial score (nSPS) is 29.6. The van der Waals surface area contributed by atoms with Crippen LogP contribution in [0, 0.1) is 12.3 Å².